The molecule has 3 aliphatic carbocycles. The number of ether oxygens (including phenoxy) is 1. The van der Waals surface area contributed by atoms with E-state index in [0.29, 0.717) is 0 Å². The molecule has 0 aromatic heterocycles. The van der Waals surface area contributed by atoms with Gasteiger partial charge in [-0.3, -0.25) is 4.90 Å². The highest BCUT2D eigenvalue weighted by molar-refractivity contribution is 5.50. The van der Waals surface area contributed by atoms with Gasteiger partial charge in [-0.25, -0.2) is 0 Å². The van der Waals surface area contributed by atoms with Gasteiger partial charge in [0.2, 0.25) is 0 Å². The van der Waals surface area contributed by atoms with Crippen molar-refractivity contribution in [3.63, 3.8) is 0 Å². The monoisotopic (exact) mass is 485 g/mol. The molecule has 0 aromatic carbocycles. The highest BCUT2D eigenvalue weighted by Crippen LogP contribution is 2.69. The molecule has 1 saturated heterocycles. The van der Waals surface area contributed by atoms with E-state index < -0.39 is 23.2 Å². The molecular weight excluding hydrogens is 438 g/mol. The Morgan fingerprint density at radius 1 is 1.26 bits per heavy atom. The van der Waals surface area contributed by atoms with Crippen molar-refractivity contribution in [2.45, 2.75) is 97.0 Å². The Bertz CT molecular complexity index is 904. The van der Waals surface area contributed by atoms with Crippen LogP contribution in [0.25, 0.3) is 0 Å². The van der Waals surface area contributed by atoms with Crippen molar-refractivity contribution in [3.05, 3.63) is 23.3 Å². The molecule has 0 aromatic rings. The van der Waals surface area contributed by atoms with Gasteiger partial charge in [0.1, 0.15) is 0 Å². The van der Waals surface area contributed by atoms with Crippen LogP contribution in [0.15, 0.2) is 23.3 Å². The molecule has 4 rings (SSSR count). The molecule has 0 amide bonds. The molecule has 5 heteroatoms. The molecule has 3 N–H and O–H groups in total. The van der Waals surface area contributed by atoms with Gasteiger partial charge in [-0.1, -0.05) is 45.8 Å². The number of piperidine rings is 1. The zero-order valence-corrected chi connectivity index (χ0v) is 22.7. The predicted molar refractivity (Wildman–Crippen MR) is 140 cm³/mol. The molecule has 3 fully saturated rings. The van der Waals surface area contributed by atoms with Crippen LogP contribution in [-0.4, -0.2) is 70.9 Å². The normalized spacial score (nSPS) is 39.9. The van der Waals surface area contributed by atoms with Gasteiger partial charge in [0.15, 0.2) is 0 Å². The Labute approximate surface area is 212 Å². The van der Waals surface area contributed by atoms with Crippen LogP contribution in [0.5, 0.6) is 0 Å². The van der Waals surface area contributed by atoms with Gasteiger partial charge in [0.05, 0.1) is 24.4 Å². The first-order chi connectivity index (χ1) is 16.4. The maximum absolute atomic E-state index is 12.3. The second-order valence-electron chi connectivity index (χ2n) is 12.9. The van der Waals surface area contributed by atoms with E-state index in [1.165, 1.54) is 12.8 Å². The fourth-order valence-electron chi connectivity index (χ4n) is 8.07. The van der Waals surface area contributed by atoms with Crippen molar-refractivity contribution < 1.29 is 20.1 Å². The molecule has 0 spiro atoms. The summed E-state index contributed by atoms with van der Waals surface area (Å²) in [6.07, 6.45) is 14.5. The van der Waals surface area contributed by atoms with E-state index >= 15 is 0 Å². The number of aliphatic hydroxyl groups is 3. The molecule has 7 atom stereocenters. The van der Waals surface area contributed by atoms with E-state index in [2.05, 4.69) is 38.5 Å². The SMILES string of the molecule is C#CC1=C(/C=C\CO)C[C@H]2N(CC3CC3)CC[C@@]13[C@@H](O)[C@H](OC)[C@@H]([C@](C)(O)C(C)(C)C)C[C@]23CC. The van der Waals surface area contributed by atoms with E-state index in [9.17, 15) is 15.3 Å². The number of terminal acetylenes is 1. The first-order valence-corrected chi connectivity index (χ1v) is 13.6. The molecule has 0 unspecified atom stereocenters. The number of hydrogen-bond donors (Lipinski definition) is 3. The highest BCUT2D eigenvalue weighted by atomic mass is 16.5. The molecule has 1 aliphatic heterocycles. The molecule has 1 heterocycles. The number of aliphatic hydroxyl groups excluding tert-OH is 2. The summed E-state index contributed by atoms with van der Waals surface area (Å²) in [7, 11) is 1.66. The van der Waals surface area contributed by atoms with Crippen LogP contribution in [0.2, 0.25) is 0 Å². The van der Waals surface area contributed by atoms with Gasteiger partial charge in [0, 0.05) is 36.6 Å². The Morgan fingerprint density at radius 2 is 1.94 bits per heavy atom. The molecule has 5 nitrogen and oxygen atoms in total. The number of likely N-dealkylation sites (tertiary alicyclic amines) is 1. The summed E-state index contributed by atoms with van der Waals surface area (Å²) in [5, 5.41) is 33.8. The number of allylic oxidation sites excluding steroid dienone is 1. The molecule has 4 aliphatic rings. The summed E-state index contributed by atoms with van der Waals surface area (Å²) >= 11 is 0. The van der Waals surface area contributed by atoms with E-state index in [0.717, 1.165) is 55.8 Å². The van der Waals surface area contributed by atoms with Crippen LogP contribution >= 0.6 is 0 Å². The lowest BCUT2D eigenvalue weighted by Gasteiger charge is -2.71. The number of hydrogen-bond acceptors (Lipinski definition) is 5. The van der Waals surface area contributed by atoms with Crippen LogP contribution in [-0.2, 0) is 4.74 Å². The Hall–Kier alpha value is -1.16. The molecule has 2 saturated carbocycles. The summed E-state index contributed by atoms with van der Waals surface area (Å²) in [6, 6.07) is 0.225. The molecule has 196 valence electrons. The lowest BCUT2D eigenvalue weighted by atomic mass is 9.39. The summed E-state index contributed by atoms with van der Waals surface area (Å²) in [5.74, 6) is 3.58. The van der Waals surface area contributed by atoms with Crippen LogP contribution in [0, 0.1) is 40.4 Å². The largest absolute Gasteiger partial charge is 0.392 e. The van der Waals surface area contributed by atoms with Crippen molar-refractivity contribution in [2.24, 2.45) is 28.1 Å². The first kappa shape index (κ1) is 26.9. The number of methoxy groups -OCH3 is 1. The lowest BCUT2D eigenvalue weighted by molar-refractivity contribution is -0.265. The smallest absolute Gasteiger partial charge is 0.0914 e. The van der Waals surface area contributed by atoms with Crippen molar-refractivity contribution >= 4 is 0 Å². The second-order valence-corrected chi connectivity index (χ2v) is 12.9. The third-order valence-corrected chi connectivity index (χ3v) is 10.6. The minimum atomic E-state index is -1.04. The van der Waals surface area contributed by atoms with Gasteiger partial charge in [0.25, 0.3) is 0 Å². The van der Waals surface area contributed by atoms with Crippen molar-refractivity contribution in [1.29, 1.82) is 0 Å². The summed E-state index contributed by atoms with van der Waals surface area (Å²) in [4.78, 5) is 2.67. The third kappa shape index (κ3) is 3.87. The van der Waals surface area contributed by atoms with Gasteiger partial charge in [-0.15, -0.1) is 6.42 Å². The lowest BCUT2D eigenvalue weighted by Crippen LogP contribution is -2.75. The van der Waals surface area contributed by atoms with E-state index in [4.69, 9.17) is 11.2 Å². The van der Waals surface area contributed by atoms with Gasteiger partial charge in [-0.2, -0.15) is 0 Å². The maximum atomic E-state index is 12.3. The summed E-state index contributed by atoms with van der Waals surface area (Å²) < 4.78 is 6.06. The first-order valence-electron chi connectivity index (χ1n) is 13.6. The van der Waals surface area contributed by atoms with Crippen LogP contribution in [0.1, 0.15) is 73.1 Å². The highest BCUT2D eigenvalue weighted by Gasteiger charge is 2.72. The average molecular weight is 486 g/mol. The molecular formula is C30H47NO4. The standard InChI is InChI=1S/C30H47NO4/c1-8-22-21(11-10-16-32)17-24-29(9-2)18-23(28(6,34)27(3,4)5)25(35-7)26(33)30(22,29)14-15-31(24)19-20-12-13-20/h1,10-11,20,23-26,32-34H,9,12-19H2,2-7H3/b11-10-/t23-,24+,25+,26-,28-,29+,30-/m0/s1. The van der Waals surface area contributed by atoms with E-state index in [1.807, 2.05) is 13.0 Å². The Kier molecular flexibility index (Phi) is 7.14. The van der Waals surface area contributed by atoms with E-state index in [1.54, 1.807) is 13.2 Å². The zero-order valence-electron chi connectivity index (χ0n) is 22.7. The summed E-state index contributed by atoms with van der Waals surface area (Å²) in [5.41, 5.74) is -0.358. The number of rotatable bonds is 7. The maximum Gasteiger partial charge on any atom is 0.0914 e. The minimum Gasteiger partial charge on any atom is -0.392 e. The quantitative estimate of drug-likeness (QED) is 0.477. The van der Waals surface area contributed by atoms with Gasteiger partial charge >= 0.3 is 0 Å². The van der Waals surface area contributed by atoms with Crippen molar-refractivity contribution in [2.75, 3.05) is 26.8 Å². The summed E-state index contributed by atoms with van der Waals surface area (Å²) in [6.45, 7) is 12.3. The molecule has 0 radical (unpaired) electrons. The van der Waals surface area contributed by atoms with Gasteiger partial charge in [-0.05, 0) is 74.3 Å². The fourth-order valence-corrected chi connectivity index (χ4v) is 8.07. The molecule has 2 bridgehead atoms. The topological polar surface area (TPSA) is 73.2 Å². The Morgan fingerprint density at radius 3 is 2.46 bits per heavy atom. The second kappa shape index (κ2) is 9.30. The average Bonchev–Trinajstić information content (AvgIpc) is 3.62. The van der Waals surface area contributed by atoms with E-state index in [-0.39, 0.29) is 29.4 Å². The Balaban J connectivity index is 1.94. The fraction of sp³-hybridized carbons (Fsp3) is 0.800. The predicted octanol–water partition coefficient (Wildman–Crippen LogP) is 3.93. The van der Waals surface area contributed by atoms with Crippen molar-refractivity contribution in [1.82, 2.24) is 4.90 Å². The van der Waals surface area contributed by atoms with Gasteiger partial charge < -0.3 is 20.1 Å². The number of nitrogens with zero attached hydrogens (tertiary/aromatic N) is 1. The third-order valence-electron chi connectivity index (χ3n) is 10.6. The zero-order chi connectivity index (χ0) is 25.8. The van der Waals surface area contributed by atoms with Crippen LogP contribution < -0.4 is 0 Å². The molecule has 35 heavy (non-hydrogen) atoms. The minimum absolute atomic E-state index is 0.0382. The van der Waals surface area contributed by atoms with Crippen LogP contribution in [0.4, 0.5) is 0 Å². The van der Waals surface area contributed by atoms with Crippen LogP contribution in [0.3, 0.4) is 0 Å². The van der Waals surface area contributed by atoms with Crippen molar-refractivity contribution in [3.8, 4) is 12.3 Å².